The van der Waals surface area contributed by atoms with Gasteiger partial charge in [0.15, 0.2) is 6.61 Å². The van der Waals surface area contributed by atoms with E-state index in [-0.39, 0.29) is 23.6 Å². The lowest BCUT2D eigenvalue weighted by atomic mass is 10.1. The zero-order valence-corrected chi connectivity index (χ0v) is 18.6. The van der Waals surface area contributed by atoms with Gasteiger partial charge in [-0.25, -0.2) is 0 Å². The number of carbonyl (C=O) groups is 3. The molecular weight excluding hydrogens is 441 g/mol. The molecule has 0 atom stereocenters. The van der Waals surface area contributed by atoms with Crippen LogP contribution >= 0.6 is 23.2 Å². The summed E-state index contributed by atoms with van der Waals surface area (Å²) in [7, 11) is 0. The van der Waals surface area contributed by atoms with Crippen molar-refractivity contribution in [2.24, 2.45) is 0 Å². The number of aryl methyl sites for hydroxylation is 2. The molecule has 9 heteroatoms. The molecule has 2 aromatic rings. The molecule has 0 spiro atoms. The molecular formula is C22H21Cl2N3O4. The second-order valence-electron chi connectivity index (χ2n) is 6.77. The van der Waals surface area contributed by atoms with Crippen LogP contribution < -0.4 is 10.2 Å². The first kappa shape index (κ1) is 24.2. The first-order valence-electron chi connectivity index (χ1n) is 9.35. The summed E-state index contributed by atoms with van der Waals surface area (Å²) in [4.78, 5) is 38.2. The van der Waals surface area contributed by atoms with E-state index >= 15 is 0 Å². The molecule has 0 fully saturated rings. The summed E-state index contributed by atoms with van der Waals surface area (Å²) >= 11 is 11.8. The van der Waals surface area contributed by atoms with Gasteiger partial charge in [0, 0.05) is 17.3 Å². The zero-order valence-electron chi connectivity index (χ0n) is 17.1. The number of esters is 1. The molecule has 1 N–H and O–H groups in total. The summed E-state index contributed by atoms with van der Waals surface area (Å²) in [5.41, 5.74) is 2.71. The van der Waals surface area contributed by atoms with Crippen LogP contribution in [0.4, 0.5) is 5.69 Å². The fourth-order valence-corrected chi connectivity index (χ4v) is 3.35. The van der Waals surface area contributed by atoms with Crippen molar-refractivity contribution in [3.05, 3.63) is 63.1 Å². The lowest BCUT2D eigenvalue weighted by Gasteiger charge is -2.22. The number of hydrogen-bond donors (Lipinski definition) is 1. The summed E-state index contributed by atoms with van der Waals surface area (Å²) in [5.74, 6) is -1.83. The molecule has 0 saturated carbocycles. The summed E-state index contributed by atoms with van der Waals surface area (Å²) in [6, 6.07) is 12.0. The molecule has 0 aliphatic carbocycles. The van der Waals surface area contributed by atoms with Crippen LogP contribution in [0.3, 0.4) is 0 Å². The van der Waals surface area contributed by atoms with Crippen molar-refractivity contribution < 1.29 is 19.1 Å². The Bertz CT molecular complexity index is 1010. The fourth-order valence-electron chi connectivity index (χ4n) is 2.86. The highest BCUT2D eigenvalue weighted by Gasteiger charge is 2.19. The number of nitrogens with one attached hydrogen (secondary N) is 1. The van der Waals surface area contributed by atoms with E-state index in [2.05, 4.69) is 5.32 Å². The third kappa shape index (κ3) is 7.28. The molecule has 2 rings (SSSR count). The zero-order chi connectivity index (χ0) is 23.0. The van der Waals surface area contributed by atoms with Crippen LogP contribution in [0.1, 0.15) is 27.9 Å². The van der Waals surface area contributed by atoms with Crippen LogP contribution in [-0.2, 0) is 14.3 Å². The van der Waals surface area contributed by atoms with Gasteiger partial charge in [-0.1, -0.05) is 29.3 Å². The average molecular weight is 462 g/mol. The van der Waals surface area contributed by atoms with Gasteiger partial charge in [-0.05, 0) is 55.3 Å². The Morgan fingerprint density at radius 1 is 1.10 bits per heavy atom. The standard InChI is InChI=1S/C22H21Cl2N3O4/c1-14-8-15(2)10-17(9-14)27(7-3-6-25)20(28)13-31-21(29)12-26-22(30)18-5-4-16(23)11-19(18)24/h4-5,8-11H,3,7,12-13H2,1-2H3,(H,26,30). The van der Waals surface area contributed by atoms with E-state index in [0.29, 0.717) is 10.7 Å². The van der Waals surface area contributed by atoms with Crippen molar-refractivity contribution in [2.75, 3.05) is 24.6 Å². The van der Waals surface area contributed by atoms with Gasteiger partial charge in [0.05, 0.1) is 23.1 Å². The van der Waals surface area contributed by atoms with Crippen molar-refractivity contribution in [1.82, 2.24) is 5.32 Å². The lowest BCUT2D eigenvalue weighted by molar-refractivity contribution is -0.146. The minimum atomic E-state index is -0.785. The number of nitriles is 1. The summed E-state index contributed by atoms with van der Waals surface area (Å²) in [6.07, 6.45) is 0.130. The lowest BCUT2D eigenvalue weighted by Crippen LogP contribution is -2.37. The Morgan fingerprint density at radius 2 is 1.77 bits per heavy atom. The predicted octanol–water partition coefficient (Wildman–Crippen LogP) is 3.83. The molecule has 0 aliphatic rings. The van der Waals surface area contributed by atoms with Crippen molar-refractivity contribution in [1.29, 1.82) is 5.26 Å². The van der Waals surface area contributed by atoms with Crippen LogP contribution in [0.2, 0.25) is 10.0 Å². The topological polar surface area (TPSA) is 99.5 Å². The number of hydrogen-bond acceptors (Lipinski definition) is 5. The van der Waals surface area contributed by atoms with E-state index in [4.69, 9.17) is 33.2 Å². The highest BCUT2D eigenvalue weighted by atomic mass is 35.5. The Morgan fingerprint density at radius 3 is 2.39 bits per heavy atom. The van der Waals surface area contributed by atoms with Crippen LogP contribution in [0.25, 0.3) is 0 Å². The number of carbonyl (C=O) groups excluding carboxylic acids is 3. The van der Waals surface area contributed by atoms with Crippen molar-refractivity contribution in [3.63, 3.8) is 0 Å². The van der Waals surface area contributed by atoms with E-state index in [0.717, 1.165) is 11.1 Å². The Balaban J connectivity index is 1.94. The molecule has 0 aliphatic heterocycles. The quantitative estimate of drug-likeness (QED) is 0.602. The molecule has 7 nitrogen and oxygen atoms in total. The smallest absolute Gasteiger partial charge is 0.325 e. The third-order valence-electron chi connectivity index (χ3n) is 4.19. The van der Waals surface area contributed by atoms with Crippen LogP contribution in [0.15, 0.2) is 36.4 Å². The molecule has 0 unspecified atom stereocenters. The maximum Gasteiger partial charge on any atom is 0.325 e. The monoisotopic (exact) mass is 461 g/mol. The van der Waals surface area contributed by atoms with Crippen molar-refractivity contribution >= 4 is 46.7 Å². The largest absolute Gasteiger partial charge is 0.454 e. The molecule has 2 aromatic carbocycles. The van der Waals surface area contributed by atoms with Gasteiger partial charge in [0.25, 0.3) is 11.8 Å². The second-order valence-corrected chi connectivity index (χ2v) is 7.61. The molecule has 0 bridgehead atoms. The fraction of sp³-hybridized carbons (Fsp3) is 0.273. The number of rotatable bonds is 8. The van der Waals surface area contributed by atoms with Crippen molar-refractivity contribution in [3.8, 4) is 6.07 Å². The Hall–Kier alpha value is -3.08. The van der Waals surface area contributed by atoms with Crippen LogP contribution in [0.5, 0.6) is 0 Å². The third-order valence-corrected chi connectivity index (χ3v) is 4.74. The van der Waals surface area contributed by atoms with Crippen LogP contribution in [-0.4, -0.2) is 37.5 Å². The van der Waals surface area contributed by atoms with E-state index in [1.54, 1.807) is 0 Å². The van der Waals surface area contributed by atoms with Gasteiger partial charge >= 0.3 is 5.97 Å². The Kier molecular flexibility index (Phi) is 8.86. The van der Waals surface area contributed by atoms with Crippen LogP contribution in [0, 0.1) is 25.2 Å². The van der Waals surface area contributed by atoms with Crippen molar-refractivity contribution in [2.45, 2.75) is 20.3 Å². The minimum absolute atomic E-state index is 0.130. The van der Waals surface area contributed by atoms with E-state index in [1.165, 1.54) is 23.1 Å². The summed E-state index contributed by atoms with van der Waals surface area (Å²) in [5, 5.41) is 11.8. The average Bonchev–Trinajstić information content (AvgIpc) is 2.70. The highest BCUT2D eigenvalue weighted by molar-refractivity contribution is 6.36. The molecule has 0 saturated heterocycles. The van der Waals surface area contributed by atoms with Gasteiger partial charge < -0.3 is 15.0 Å². The van der Waals surface area contributed by atoms with E-state index < -0.39 is 30.9 Å². The SMILES string of the molecule is Cc1cc(C)cc(N(CCC#N)C(=O)COC(=O)CNC(=O)c2ccc(Cl)cc2Cl)c1. The molecule has 31 heavy (non-hydrogen) atoms. The van der Waals surface area contributed by atoms with Gasteiger partial charge in [-0.3, -0.25) is 14.4 Å². The summed E-state index contributed by atoms with van der Waals surface area (Å²) < 4.78 is 5.00. The van der Waals surface area contributed by atoms with E-state index in [9.17, 15) is 14.4 Å². The molecule has 162 valence electrons. The first-order valence-corrected chi connectivity index (χ1v) is 10.1. The molecule has 0 aromatic heterocycles. The second kappa shape index (κ2) is 11.3. The van der Waals surface area contributed by atoms with Gasteiger partial charge in [-0.2, -0.15) is 5.26 Å². The number of amides is 2. The number of ether oxygens (including phenoxy) is 1. The molecule has 0 radical (unpaired) electrons. The van der Waals surface area contributed by atoms with Gasteiger partial charge in [0.2, 0.25) is 0 Å². The first-order chi connectivity index (χ1) is 14.7. The normalized spacial score (nSPS) is 10.2. The number of nitrogens with zero attached hydrogens (tertiary/aromatic N) is 2. The van der Waals surface area contributed by atoms with Gasteiger partial charge in [-0.15, -0.1) is 0 Å². The minimum Gasteiger partial charge on any atom is -0.454 e. The maximum absolute atomic E-state index is 12.6. The molecule has 2 amide bonds. The Labute approximate surface area is 190 Å². The maximum atomic E-state index is 12.6. The van der Waals surface area contributed by atoms with Gasteiger partial charge in [0.1, 0.15) is 6.54 Å². The predicted molar refractivity (Wildman–Crippen MR) is 118 cm³/mol. The number of halogens is 2. The summed E-state index contributed by atoms with van der Waals surface area (Å²) in [6.45, 7) is 3.02. The number of benzene rings is 2. The molecule has 0 heterocycles. The highest BCUT2D eigenvalue weighted by Crippen LogP contribution is 2.21. The van der Waals surface area contributed by atoms with E-state index in [1.807, 2.05) is 38.1 Å². The number of anilines is 1.